The summed E-state index contributed by atoms with van der Waals surface area (Å²) < 4.78 is 1.68. The number of rotatable bonds is 2. The van der Waals surface area contributed by atoms with E-state index in [1.807, 2.05) is 20.9 Å². The van der Waals surface area contributed by atoms with Crippen LogP contribution in [0, 0.1) is 26.2 Å². The summed E-state index contributed by atoms with van der Waals surface area (Å²) in [5, 5.41) is 7.73. The van der Waals surface area contributed by atoms with Gasteiger partial charge >= 0.3 is 0 Å². The Hall–Kier alpha value is -2.35. The predicted molar refractivity (Wildman–Crippen MR) is 69.1 cm³/mol. The maximum absolute atomic E-state index is 12.1. The first-order chi connectivity index (χ1) is 8.54. The minimum atomic E-state index is -0.195. The van der Waals surface area contributed by atoms with Crippen molar-refractivity contribution in [3.05, 3.63) is 23.0 Å². The topological polar surface area (TPSA) is 59.8 Å². The van der Waals surface area contributed by atoms with Gasteiger partial charge in [0.2, 0.25) is 0 Å². The Balaban J connectivity index is 2.63. The molecule has 0 radical (unpaired) electrons. The Bertz CT molecular complexity index is 664. The van der Waals surface area contributed by atoms with Gasteiger partial charge in [-0.2, -0.15) is 5.10 Å². The number of fused-ring (bicyclic) bond motifs is 1. The average Bonchev–Trinajstić information content (AvgIpc) is 2.61. The molecule has 0 aliphatic heterocycles. The van der Waals surface area contributed by atoms with Crippen molar-refractivity contribution in [1.29, 1.82) is 0 Å². The molecule has 18 heavy (non-hydrogen) atoms. The number of nitrogens with zero attached hydrogens (tertiary/aromatic N) is 3. The molecule has 1 amide bonds. The highest BCUT2D eigenvalue weighted by atomic mass is 16.1. The normalized spacial score (nSPS) is 10.3. The lowest BCUT2D eigenvalue weighted by molar-refractivity contribution is 0.0960. The monoisotopic (exact) mass is 242 g/mol. The molecule has 2 aromatic rings. The van der Waals surface area contributed by atoms with E-state index in [-0.39, 0.29) is 12.5 Å². The molecular weight excluding hydrogens is 228 g/mol. The SMILES string of the molecule is C#CCNC(=O)c1cc(C)nc2c1c(C)nn2C. The second-order valence-electron chi connectivity index (χ2n) is 4.11. The van der Waals surface area contributed by atoms with Crippen LogP contribution in [-0.2, 0) is 7.05 Å². The van der Waals surface area contributed by atoms with Crippen LogP contribution in [0.15, 0.2) is 6.07 Å². The molecule has 0 saturated carbocycles. The van der Waals surface area contributed by atoms with Crippen LogP contribution in [0.25, 0.3) is 11.0 Å². The third-order valence-electron chi connectivity index (χ3n) is 2.69. The molecule has 0 aliphatic rings. The van der Waals surface area contributed by atoms with Gasteiger partial charge in [-0.3, -0.25) is 9.48 Å². The fourth-order valence-electron chi connectivity index (χ4n) is 1.98. The van der Waals surface area contributed by atoms with E-state index in [4.69, 9.17) is 6.42 Å². The second-order valence-corrected chi connectivity index (χ2v) is 4.11. The molecule has 0 saturated heterocycles. The van der Waals surface area contributed by atoms with Gasteiger partial charge in [0.05, 0.1) is 23.2 Å². The average molecular weight is 242 g/mol. The molecule has 0 aliphatic carbocycles. The van der Waals surface area contributed by atoms with Gasteiger partial charge in [0.15, 0.2) is 5.65 Å². The van der Waals surface area contributed by atoms with Gasteiger partial charge in [0.1, 0.15) is 0 Å². The molecule has 2 aromatic heterocycles. The number of carbonyl (C=O) groups is 1. The highest BCUT2D eigenvalue weighted by molar-refractivity contribution is 6.06. The molecule has 2 heterocycles. The van der Waals surface area contributed by atoms with E-state index in [9.17, 15) is 4.79 Å². The largest absolute Gasteiger partial charge is 0.341 e. The molecule has 1 N–H and O–H groups in total. The standard InChI is InChI=1S/C13H14N4O/c1-5-6-14-13(18)10-7-8(2)15-12-11(10)9(3)16-17(12)4/h1,7H,6H2,2-4H3,(H,14,18). The van der Waals surface area contributed by atoms with Crippen LogP contribution in [0.3, 0.4) is 0 Å². The van der Waals surface area contributed by atoms with Crippen LogP contribution in [0.5, 0.6) is 0 Å². The van der Waals surface area contributed by atoms with Gasteiger partial charge in [0, 0.05) is 12.7 Å². The summed E-state index contributed by atoms with van der Waals surface area (Å²) in [6.07, 6.45) is 5.14. The molecule has 0 atom stereocenters. The van der Waals surface area contributed by atoms with E-state index in [0.29, 0.717) is 11.2 Å². The van der Waals surface area contributed by atoms with Crippen molar-refractivity contribution in [3.8, 4) is 12.3 Å². The Kier molecular flexibility index (Phi) is 3.02. The summed E-state index contributed by atoms with van der Waals surface area (Å²) in [6.45, 7) is 3.91. The summed E-state index contributed by atoms with van der Waals surface area (Å²) in [6, 6.07) is 1.75. The van der Waals surface area contributed by atoms with Crippen LogP contribution in [0.2, 0.25) is 0 Å². The minimum Gasteiger partial charge on any atom is -0.341 e. The van der Waals surface area contributed by atoms with Crippen molar-refractivity contribution in [2.75, 3.05) is 6.54 Å². The predicted octanol–water partition coefficient (Wildman–Crippen LogP) is 0.948. The first kappa shape index (κ1) is 12.1. The number of aryl methyl sites for hydroxylation is 3. The number of terminal acetylenes is 1. The zero-order valence-electron chi connectivity index (χ0n) is 10.6. The summed E-state index contributed by atoms with van der Waals surface area (Å²) in [5.74, 6) is 2.19. The van der Waals surface area contributed by atoms with Crippen molar-refractivity contribution in [3.63, 3.8) is 0 Å². The molecule has 92 valence electrons. The number of hydrogen-bond donors (Lipinski definition) is 1. The first-order valence-electron chi connectivity index (χ1n) is 5.57. The molecule has 0 bridgehead atoms. The lowest BCUT2D eigenvalue weighted by Crippen LogP contribution is -2.24. The number of amides is 1. The maximum Gasteiger partial charge on any atom is 0.252 e. The maximum atomic E-state index is 12.1. The zero-order chi connectivity index (χ0) is 13.3. The van der Waals surface area contributed by atoms with E-state index in [2.05, 4.69) is 21.3 Å². The van der Waals surface area contributed by atoms with Gasteiger partial charge in [0.25, 0.3) is 5.91 Å². The van der Waals surface area contributed by atoms with Crippen LogP contribution in [0.4, 0.5) is 0 Å². The van der Waals surface area contributed by atoms with Crippen LogP contribution < -0.4 is 5.32 Å². The minimum absolute atomic E-state index is 0.195. The summed E-state index contributed by atoms with van der Waals surface area (Å²) in [5.41, 5.74) is 2.83. The van der Waals surface area contributed by atoms with E-state index >= 15 is 0 Å². The highest BCUT2D eigenvalue weighted by Gasteiger charge is 2.16. The third kappa shape index (κ3) is 1.93. The Morgan fingerprint density at radius 3 is 2.94 bits per heavy atom. The number of aromatic nitrogens is 3. The molecule has 2 rings (SSSR count). The van der Waals surface area contributed by atoms with Gasteiger partial charge in [-0.15, -0.1) is 6.42 Å². The summed E-state index contributed by atoms with van der Waals surface area (Å²) in [4.78, 5) is 16.5. The van der Waals surface area contributed by atoms with Gasteiger partial charge in [-0.1, -0.05) is 5.92 Å². The molecule has 5 nitrogen and oxygen atoms in total. The summed E-state index contributed by atoms with van der Waals surface area (Å²) in [7, 11) is 1.81. The lowest BCUT2D eigenvalue weighted by Gasteiger charge is -2.05. The smallest absolute Gasteiger partial charge is 0.252 e. The Morgan fingerprint density at radius 1 is 1.56 bits per heavy atom. The molecule has 0 unspecified atom stereocenters. The zero-order valence-corrected chi connectivity index (χ0v) is 10.6. The number of nitrogens with one attached hydrogen (secondary N) is 1. The van der Waals surface area contributed by atoms with Crippen LogP contribution in [-0.4, -0.2) is 27.2 Å². The van der Waals surface area contributed by atoms with Crippen molar-refractivity contribution in [2.24, 2.45) is 7.05 Å². The van der Waals surface area contributed by atoms with E-state index < -0.39 is 0 Å². The molecule has 0 aromatic carbocycles. The van der Waals surface area contributed by atoms with Crippen molar-refractivity contribution in [1.82, 2.24) is 20.1 Å². The molecule has 0 fully saturated rings. The fourth-order valence-corrected chi connectivity index (χ4v) is 1.98. The fraction of sp³-hybridized carbons (Fsp3) is 0.308. The Morgan fingerprint density at radius 2 is 2.28 bits per heavy atom. The van der Waals surface area contributed by atoms with Crippen molar-refractivity contribution in [2.45, 2.75) is 13.8 Å². The number of carbonyl (C=O) groups excluding carboxylic acids is 1. The highest BCUT2D eigenvalue weighted by Crippen LogP contribution is 2.21. The van der Waals surface area contributed by atoms with E-state index in [1.54, 1.807) is 10.7 Å². The molecule has 0 spiro atoms. The van der Waals surface area contributed by atoms with Crippen LogP contribution >= 0.6 is 0 Å². The second kappa shape index (κ2) is 4.49. The quantitative estimate of drug-likeness (QED) is 0.797. The third-order valence-corrected chi connectivity index (χ3v) is 2.69. The summed E-state index contributed by atoms with van der Waals surface area (Å²) >= 11 is 0. The van der Waals surface area contributed by atoms with Crippen molar-refractivity contribution >= 4 is 16.9 Å². The molecule has 5 heteroatoms. The number of hydrogen-bond acceptors (Lipinski definition) is 3. The Labute approximate surface area is 105 Å². The first-order valence-corrected chi connectivity index (χ1v) is 5.57. The lowest BCUT2D eigenvalue weighted by atomic mass is 10.1. The van der Waals surface area contributed by atoms with Gasteiger partial charge < -0.3 is 5.32 Å². The van der Waals surface area contributed by atoms with Gasteiger partial charge in [-0.05, 0) is 19.9 Å². The number of pyridine rings is 1. The molecular formula is C13H14N4O. The van der Waals surface area contributed by atoms with E-state index in [0.717, 1.165) is 16.8 Å². The van der Waals surface area contributed by atoms with Gasteiger partial charge in [-0.25, -0.2) is 4.98 Å². The van der Waals surface area contributed by atoms with Crippen molar-refractivity contribution < 1.29 is 4.79 Å². The van der Waals surface area contributed by atoms with Crippen LogP contribution in [0.1, 0.15) is 21.7 Å². The van der Waals surface area contributed by atoms with E-state index in [1.165, 1.54) is 0 Å².